The van der Waals surface area contributed by atoms with Gasteiger partial charge >= 0.3 is 5.97 Å². The van der Waals surface area contributed by atoms with Gasteiger partial charge in [0.25, 0.3) is 0 Å². The summed E-state index contributed by atoms with van der Waals surface area (Å²) in [5.74, 6) is 0.444. The molecule has 17 heavy (non-hydrogen) atoms. The molecule has 0 saturated carbocycles. The Labute approximate surface area is 99.2 Å². The van der Waals surface area contributed by atoms with Gasteiger partial charge in [-0.15, -0.1) is 0 Å². The molecule has 1 unspecified atom stereocenters. The molecule has 2 rings (SSSR count). The number of carbonyl (C=O) groups is 1. The van der Waals surface area contributed by atoms with Crippen LogP contribution in [0.2, 0.25) is 0 Å². The van der Waals surface area contributed by atoms with E-state index in [-0.39, 0.29) is 18.2 Å². The zero-order valence-corrected chi connectivity index (χ0v) is 9.67. The normalized spacial score (nSPS) is 19.4. The van der Waals surface area contributed by atoms with E-state index in [2.05, 4.69) is 14.7 Å². The van der Waals surface area contributed by atoms with Gasteiger partial charge in [-0.25, -0.2) is 9.78 Å². The van der Waals surface area contributed by atoms with Gasteiger partial charge < -0.3 is 14.7 Å². The third kappa shape index (κ3) is 2.52. The van der Waals surface area contributed by atoms with Gasteiger partial charge in [0.1, 0.15) is 5.82 Å². The Hall–Kier alpha value is -1.69. The molecule has 1 N–H and O–H groups in total. The van der Waals surface area contributed by atoms with Gasteiger partial charge in [0.15, 0.2) is 5.69 Å². The van der Waals surface area contributed by atoms with Crippen LogP contribution in [0.4, 0.5) is 5.82 Å². The molecule has 1 aromatic heterocycles. The number of carbonyl (C=O) groups excluding carboxylic acids is 1. The summed E-state index contributed by atoms with van der Waals surface area (Å²) >= 11 is 0. The van der Waals surface area contributed by atoms with Crippen molar-refractivity contribution < 1.29 is 14.6 Å². The number of anilines is 1. The largest absolute Gasteiger partial charge is 0.464 e. The van der Waals surface area contributed by atoms with Crippen molar-refractivity contribution >= 4 is 11.8 Å². The Morgan fingerprint density at radius 2 is 2.47 bits per heavy atom. The van der Waals surface area contributed by atoms with Crippen LogP contribution >= 0.6 is 0 Å². The second-order valence-electron chi connectivity index (χ2n) is 4.04. The van der Waals surface area contributed by atoms with Gasteiger partial charge in [0.05, 0.1) is 19.5 Å². The number of esters is 1. The number of aromatic nitrogens is 2. The van der Waals surface area contributed by atoms with Crippen LogP contribution < -0.4 is 4.90 Å². The number of methoxy groups -OCH3 is 1. The van der Waals surface area contributed by atoms with Crippen LogP contribution in [0, 0.1) is 5.92 Å². The second-order valence-corrected chi connectivity index (χ2v) is 4.04. The van der Waals surface area contributed by atoms with Crippen molar-refractivity contribution in [1.29, 1.82) is 0 Å². The highest BCUT2D eigenvalue weighted by atomic mass is 16.5. The third-order valence-corrected chi connectivity index (χ3v) is 2.88. The highest BCUT2D eigenvalue weighted by Gasteiger charge is 2.23. The van der Waals surface area contributed by atoms with Crippen molar-refractivity contribution in [2.24, 2.45) is 5.92 Å². The molecule has 1 saturated heterocycles. The molecule has 6 heteroatoms. The minimum absolute atomic E-state index is 0.181. The molecule has 6 nitrogen and oxygen atoms in total. The van der Waals surface area contributed by atoms with Crippen molar-refractivity contribution in [1.82, 2.24) is 9.97 Å². The van der Waals surface area contributed by atoms with E-state index in [1.54, 1.807) is 6.20 Å². The summed E-state index contributed by atoms with van der Waals surface area (Å²) in [6, 6.07) is 0. The smallest absolute Gasteiger partial charge is 0.358 e. The van der Waals surface area contributed by atoms with Crippen LogP contribution in [0.15, 0.2) is 12.4 Å². The minimum Gasteiger partial charge on any atom is -0.464 e. The quantitative estimate of drug-likeness (QED) is 0.750. The standard InChI is InChI=1S/C11H15N3O3/c1-17-11(16)9-4-12-5-10(13-9)14-3-2-8(6-14)7-15/h4-5,8,15H,2-3,6-7H2,1H3. The zero-order chi connectivity index (χ0) is 12.3. The third-order valence-electron chi connectivity index (χ3n) is 2.88. The Bertz CT molecular complexity index is 411. The maximum atomic E-state index is 11.3. The summed E-state index contributed by atoms with van der Waals surface area (Å²) in [5, 5.41) is 9.07. The van der Waals surface area contributed by atoms with E-state index >= 15 is 0 Å². The Morgan fingerprint density at radius 3 is 3.12 bits per heavy atom. The summed E-state index contributed by atoms with van der Waals surface area (Å²) in [6.45, 7) is 1.75. The van der Waals surface area contributed by atoms with Gasteiger partial charge in [0, 0.05) is 25.6 Å². The lowest BCUT2D eigenvalue weighted by Crippen LogP contribution is -2.22. The van der Waals surface area contributed by atoms with Crippen LogP contribution in [0.3, 0.4) is 0 Å². The van der Waals surface area contributed by atoms with E-state index in [0.29, 0.717) is 5.82 Å². The van der Waals surface area contributed by atoms with Crippen molar-refractivity contribution in [3.8, 4) is 0 Å². The molecule has 2 heterocycles. The highest BCUT2D eigenvalue weighted by molar-refractivity contribution is 5.87. The number of ether oxygens (including phenoxy) is 1. The first kappa shape index (κ1) is 11.8. The number of aliphatic hydroxyl groups is 1. The molecule has 0 spiro atoms. The van der Waals surface area contributed by atoms with Crippen LogP contribution in [-0.4, -0.2) is 47.8 Å². The highest BCUT2D eigenvalue weighted by Crippen LogP contribution is 2.21. The molecule has 0 amide bonds. The molecular weight excluding hydrogens is 222 g/mol. The summed E-state index contributed by atoms with van der Waals surface area (Å²) in [7, 11) is 1.31. The summed E-state index contributed by atoms with van der Waals surface area (Å²) in [5.41, 5.74) is 0.206. The summed E-state index contributed by atoms with van der Waals surface area (Å²) < 4.78 is 4.60. The fraction of sp³-hybridized carbons (Fsp3) is 0.545. The molecule has 1 aliphatic rings. The van der Waals surface area contributed by atoms with Crippen LogP contribution in [0.5, 0.6) is 0 Å². The van der Waals surface area contributed by atoms with Gasteiger partial charge in [0.2, 0.25) is 0 Å². The Morgan fingerprint density at radius 1 is 1.65 bits per heavy atom. The molecule has 0 aliphatic carbocycles. The fourth-order valence-electron chi connectivity index (χ4n) is 1.90. The molecule has 1 atom stereocenters. The first-order valence-corrected chi connectivity index (χ1v) is 5.50. The van der Waals surface area contributed by atoms with E-state index in [1.165, 1.54) is 13.3 Å². The maximum absolute atomic E-state index is 11.3. The van der Waals surface area contributed by atoms with Crippen LogP contribution in [0.1, 0.15) is 16.9 Å². The number of rotatable bonds is 3. The predicted octanol–water partition coefficient (Wildman–Crippen LogP) is 0.0818. The van der Waals surface area contributed by atoms with Crippen molar-refractivity contribution in [2.75, 3.05) is 31.7 Å². The van der Waals surface area contributed by atoms with Crippen LogP contribution in [0.25, 0.3) is 0 Å². The summed E-state index contributed by atoms with van der Waals surface area (Å²) in [4.78, 5) is 21.5. The number of hydrogen-bond donors (Lipinski definition) is 1. The van der Waals surface area contributed by atoms with E-state index in [0.717, 1.165) is 19.5 Å². The topological polar surface area (TPSA) is 75.5 Å². The van der Waals surface area contributed by atoms with Crippen LogP contribution in [-0.2, 0) is 4.74 Å². The molecule has 0 aromatic carbocycles. The lowest BCUT2D eigenvalue weighted by Gasteiger charge is -2.16. The molecule has 0 bridgehead atoms. The number of aliphatic hydroxyl groups excluding tert-OH is 1. The Kier molecular flexibility index (Phi) is 3.53. The average molecular weight is 237 g/mol. The molecular formula is C11H15N3O3. The van der Waals surface area contributed by atoms with E-state index in [1.807, 2.05) is 4.90 Å². The van der Waals surface area contributed by atoms with E-state index < -0.39 is 5.97 Å². The molecule has 1 fully saturated rings. The van der Waals surface area contributed by atoms with Gasteiger partial charge in [-0.05, 0) is 6.42 Å². The molecule has 1 aliphatic heterocycles. The van der Waals surface area contributed by atoms with Crippen molar-refractivity contribution in [3.63, 3.8) is 0 Å². The fourth-order valence-corrected chi connectivity index (χ4v) is 1.90. The first-order valence-electron chi connectivity index (χ1n) is 5.50. The number of nitrogens with zero attached hydrogens (tertiary/aromatic N) is 3. The van der Waals surface area contributed by atoms with E-state index in [9.17, 15) is 4.79 Å². The first-order chi connectivity index (χ1) is 8.24. The van der Waals surface area contributed by atoms with Gasteiger partial charge in [-0.1, -0.05) is 0 Å². The monoisotopic (exact) mass is 237 g/mol. The minimum atomic E-state index is -0.489. The molecule has 0 radical (unpaired) electrons. The van der Waals surface area contributed by atoms with Crippen molar-refractivity contribution in [3.05, 3.63) is 18.1 Å². The lowest BCUT2D eigenvalue weighted by molar-refractivity contribution is 0.0593. The predicted molar refractivity (Wildman–Crippen MR) is 60.8 cm³/mol. The molecule has 1 aromatic rings. The Balaban J connectivity index is 2.14. The zero-order valence-electron chi connectivity index (χ0n) is 9.67. The second kappa shape index (κ2) is 5.09. The van der Waals surface area contributed by atoms with Gasteiger partial charge in [-0.3, -0.25) is 4.98 Å². The summed E-state index contributed by atoms with van der Waals surface area (Å²) in [6.07, 6.45) is 3.93. The van der Waals surface area contributed by atoms with Gasteiger partial charge in [-0.2, -0.15) is 0 Å². The SMILES string of the molecule is COC(=O)c1cncc(N2CCC(CO)C2)n1. The average Bonchev–Trinajstić information content (AvgIpc) is 2.86. The van der Waals surface area contributed by atoms with Crippen molar-refractivity contribution in [2.45, 2.75) is 6.42 Å². The lowest BCUT2D eigenvalue weighted by atomic mass is 10.1. The number of hydrogen-bond acceptors (Lipinski definition) is 6. The maximum Gasteiger partial charge on any atom is 0.358 e. The van der Waals surface area contributed by atoms with E-state index in [4.69, 9.17) is 5.11 Å². The molecule has 92 valence electrons.